The fraction of sp³-hybridized carbons (Fsp3) is 0.448. The first-order valence-corrected chi connectivity index (χ1v) is 13.0. The Morgan fingerprint density at radius 2 is 1.77 bits per heavy atom. The SMILES string of the molecule is C=CCOC(=O)N[C@H]1[C@@H](OCc2ccccc2)O[C@@H]2[C@H](O)[C@@H](c3ccccc3)[C@]2(O)[C@@H]1OCCC(=O)OCC. The Labute approximate surface area is 227 Å². The largest absolute Gasteiger partial charge is 0.466 e. The standard InChI is InChI=1S/C29H35NO9/c1-3-16-37-28(33)30-23-25(36-17-15-21(31)35-4-2)29(34)22(20-13-9-6-10-14-20)24(32)26(29)39-27(23)38-18-19-11-7-5-8-12-19/h3,5-14,22-27,32,34H,1,4,15-18H2,2H3,(H,30,33)/t22-,23-,24-,25-,26-,27+,29+/m1/s1. The van der Waals surface area contributed by atoms with Crippen LogP contribution >= 0.6 is 0 Å². The highest BCUT2D eigenvalue weighted by Crippen LogP contribution is 2.54. The topological polar surface area (TPSA) is 133 Å². The number of ether oxygens (including phenoxy) is 5. The third-order valence-corrected chi connectivity index (χ3v) is 6.90. The number of aliphatic hydroxyl groups is 2. The van der Waals surface area contributed by atoms with Crippen LogP contribution in [-0.2, 0) is 35.1 Å². The van der Waals surface area contributed by atoms with Gasteiger partial charge in [-0.1, -0.05) is 73.3 Å². The first-order chi connectivity index (χ1) is 18.9. The van der Waals surface area contributed by atoms with Gasteiger partial charge in [0, 0.05) is 5.92 Å². The smallest absolute Gasteiger partial charge is 0.407 e. The highest BCUT2D eigenvalue weighted by atomic mass is 16.7. The second-order valence-electron chi connectivity index (χ2n) is 9.39. The van der Waals surface area contributed by atoms with Crippen molar-refractivity contribution in [1.29, 1.82) is 0 Å². The number of aliphatic hydroxyl groups excluding tert-OH is 1. The third kappa shape index (κ3) is 6.32. The molecule has 39 heavy (non-hydrogen) atoms. The molecule has 0 bridgehead atoms. The summed E-state index contributed by atoms with van der Waals surface area (Å²) in [5, 5.41) is 25.9. The van der Waals surface area contributed by atoms with Crippen molar-refractivity contribution >= 4 is 12.1 Å². The maximum atomic E-state index is 12.7. The lowest BCUT2D eigenvalue weighted by molar-refractivity contribution is -0.374. The first-order valence-electron chi connectivity index (χ1n) is 13.0. The lowest BCUT2D eigenvalue weighted by Crippen LogP contribution is -2.82. The van der Waals surface area contributed by atoms with Gasteiger partial charge in [-0.25, -0.2) is 4.79 Å². The minimum absolute atomic E-state index is 0.0401. The number of nitrogens with one attached hydrogen (secondary N) is 1. The molecule has 4 rings (SSSR count). The number of amides is 1. The Balaban J connectivity index is 1.65. The van der Waals surface area contributed by atoms with Crippen molar-refractivity contribution in [1.82, 2.24) is 5.32 Å². The molecular formula is C29H35NO9. The molecule has 2 aromatic carbocycles. The molecule has 2 fully saturated rings. The van der Waals surface area contributed by atoms with Crippen LogP contribution in [0.5, 0.6) is 0 Å². The van der Waals surface area contributed by atoms with E-state index in [1.165, 1.54) is 6.08 Å². The number of fused-ring (bicyclic) bond motifs is 1. The molecule has 0 radical (unpaired) electrons. The molecule has 1 amide bonds. The summed E-state index contributed by atoms with van der Waals surface area (Å²) in [5.41, 5.74) is -0.243. The predicted octanol–water partition coefficient (Wildman–Crippen LogP) is 2.44. The van der Waals surface area contributed by atoms with E-state index in [2.05, 4.69) is 11.9 Å². The van der Waals surface area contributed by atoms with Gasteiger partial charge in [0.05, 0.1) is 32.3 Å². The van der Waals surface area contributed by atoms with Gasteiger partial charge in [0.15, 0.2) is 6.29 Å². The molecule has 0 unspecified atom stereocenters. The van der Waals surface area contributed by atoms with Crippen LogP contribution in [0.3, 0.4) is 0 Å². The zero-order valence-electron chi connectivity index (χ0n) is 21.8. The molecular weight excluding hydrogens is 506 g/mol. The summed E-state index contributed by atoms with van der Waals surface area (Å²) in [5.74, 6) is -1.26. The summed E-state index contributed by atoms with van der Waals surface area (Å²) in [4.78, 5) is 24.7. The van der Waals surface area contributed by atoms with E-state index in [0.29, 0.717) is 5.56 Å². The van der Waals surface area contributed by atoms with Crippen LogP contribution in [-0.4, -0.2) is 78.3 Å². The molecule has 1 aliphatic heterocycles. The average Bonchev–Trinajstić information content (AvgIpc) is 2.94. The van der Waals surface area contributed by atoms with Crippen LogP contribution in [0.25, 0.3) is 0 Å². The van der Waals surface area contributed by atoms with Gasteiger partial charge in [-0.15, -0.1) is 0 Å². The number of hydrogen-bond donors (Lipinski definition) is 3. The van der Waals surface area contributed by atoms with Gasteiger partial charge in [0.25, 0.3) is 0 Å². The summed E-state index contributed by atoms with van der Waals surface area (Å²) in [7, 11) is 0. The minimum atomic E-state index is -1.77. The normalized spacial score (nSPS) is 29.4. The lowest BCUT2D eigenvalue weighted by Gasteiger charge is -2.63. The van der Waals surface area contributed by atoms with Crippen molar-refractivity contribution in [2.75, 3.05) is 19.8 Å². The summed E-state index contributed by atoms with van der Waals surface area (Å²) in [6.07, 6.45) is -3.88. The Bertz CT molecular complexity index is 1100. The Morgan fingerprint density at radius 1 is 1.08 bits per heavy atom. The number of carbonyl (C=O) groups is 2. The van der Waals surface area contributed by atoms with E-state index in [1.807, 2.05) is 36.4 Å². The van der Waals surface area contributed by atoms with E-state index in [1.54, 1.807) is 31.2 Å². The fourth-order valence-corrected chi connectivity index (χ4v) is 5.18. The molecule has 2 aromatic rings. The van der Waals surface area contributed by atoms with E-state index in [4.69, 9.17) is 23.7 Å². The molecule has 0 aromatic heterocycles. The van der Waals surface area contributed by atoms with Crippen molar-refractivity contribution in [2.45, 2.75) is 62.1 Å². The average molecular weight is 542 g/mol. The van der Waals surface area contributed by atoms with Crippen molar-refractivity contribution in [3.05, 3.63) is 84.4 Å². The maximum absolute atomic E-state index is 12.7. The Hall–Kier alpha value is -3.28. The molecule has 7 atom stereocenters. The quantitative estimate of drug-likeness (QED) is 0.274. The number of hydrogen-bond acceptors (Lipinski definition) is 9. The highest BCUT2D eigenvalue weighted by Gasteiger charge is 2.72. The zero-order chi connectivity index (χ0) is 27.8. The predicted molar refractivity (Wildman–Crippen MR) is 139 cm³/mol. The fourth-order valence-electron chi connectivity index (χ4n) is 5.18. The van der Waals surface area contributed by atoms with Crippen LogP contribution in [0, 0.1) is 0 Å². The van der Waals surface area contributed by atoms with Gasteiger partial charge in [-0.2, -0.15) is 0 Å². The van der Waals surface area contributed by atoms with E-state index in [-0.39, 0.29) is 32.8 Å². The Kier molecular flexibility index (Phi) is 9.71. The Morgan fingerprint density at radius 3 is 2.44 bits per heavy atom. The second-order valence-corrected chi connectivity index (χ2v) is 9.39. The van der Waals surface area contributed by atoms with Crippen molar-refractivity contribution < 1.29 is 43.5 Å². The van der Waals surface area contributed by atoms with E-state index >= 15 is 0 Å². The van der Waals surface area contributed by atoms with Crippen LogP contribution in [0.15, 0.2) is 73.3 Å². The third-order valence-electron chi connectivity index (χ3n) is 6.90. The summed E-state index contributed by atoms with van der Waals surface area (Å²) in [6, 6.07) is 17.3. The van der Waals surface area contributed by atoms with E-state index in [9.17, 15) is 19.8 Å². The van der Waals surface area contributed by atoms with Crippen LogP contribution in [0.1, 0.15) is 30.4 Å². The second kappa shape index (κ2) is 13.2. The van der Waals surface area contributed by atoms with E-state index in [0.717, 1.165) is 5.56 Å². The number of carbonyl (C=O) groups excluding carboxylic acids is 2. The number of alkyl carbamates (subject to hydrolysis) is 1. The molecule has 10 nitrogen and oxygen atoms in total. The number of benzene rings is 2. The first kappa shape index (κ1) is 28.7. The molecule has 1 saturated heterocycles. The molecule has 1 aliphatic carbocycles. The van der Waals surface area contributed by atoms with Gasteiger partial charge in [0.2, 0.25) is 0 Å². The van der Waals surface area contributed by atoms with Crippen molar-refractivity contribution in [3.8, 4) is 0 Å². The van der Waals surface area contributed by atoms with Crippen LogP contribution in [0.4, 0.5) is 4.79 Å². The lowest BCUT2D eigenvalue weighted by atomic mass is 9.56. The number of rotatable bonds is 12. The molecule has 210 valence electrons. The van der Waals surface area contributed by atoms with Gasteiger partial charge >= 0.3 is 12.1 Å². The van der Waals surface area contributed by atoms with Gasteiger partial charge in [0.1, 0.15) is 30.5 Å². The number of esters is 1. The van der Waals surface area contributed by atoms with Gasteiger partial charge in [-0.05, 0) is 18.1 Å². The van der Waals surface area contributed by atoms with E-state index < -0.39 is 54.2 Å². The molecule has 1 saturated carbocycles. The summed E-state index contributed by atoms with van der Waals surface area (Å²) in [6.45, 7) is 5.45. The van der Waals surface area contributed by atoms with Crippen molar-refractivity contribution in [2.24, 2.45) is 0 Å². The highest BCUT2D eigenvalue weighted by molar-refractivity contribution is 5.69. The van der Waals surface area contributed by atoms with Crippen LogP contribution < -0.4 is 5.32 Å². The summed E-state index contributed by atoms with van der Waals surface area (Å²) >= 11 is 0. The molecule has 2 aliphatic rings. The van der Waals surface area contributed by atoms with Crippen LogP contribution in [0.2, 0.25) is 0 Å². The molecule has 0 spiro atoms. The zero-order valence-corrected chi connectivity index (χ0v) is 21.8. The van der Waals surface area contributed by atoms with Gasteiger partial charge in [-0.3, -0.25) is 4.79 Å². The van der Waals surface area contributed by atoms with Gasteiger partial charge < -0.3 is 39.2 Å². The molecule has 1 heterocycles. The minimum Gasteiger partial charge on any atom is -0.466 e. The molecule has 3 N–H and O–H groups in total. The monoisotopic (exact) mass is 541 g/mol. The maximum Gasteiger partial charge on any atom is 0.407 e. The molecule has 10 heteroatoms. The summed E-state index contributed by atoms with van der Waals surface area (Å²) < 4.78 is 28.4. The van der Waals surface area contributed by atoms with Crippen molar-refractivity contribution in [3.63, 3.8) is 0 Å².